The first-order valence-electron chi connectivity index (χ1n) is 6.26. The summed E-state index contributed by atoms with van der Waals surface area (Å²) in [5.74, 6) is 0.917. The molecule has 1 fully saturated rings. The Labute approximate surface area is 107 Å². The lowest BCUT2D eigenvalue weighted by Gasteiger charge is -2.27. The first kappa shape index (κ1) is 12.8. The number of hydrogen-bond donors (Lipinski definition) is 1. The predicted molar refractivity (Wildman–Crippen MR) is 70.7 cm³/mol. The van der Waals surface area contributed by atoms with E-state index in [0.717, 1.165) is 37.8 Å². The third-order valence-corrected chi connectivity index (χ3v) is 2.87. The summed E-state index contributed by atoms with van der Waals surface area (Å²) in [6, 6.07) is 3.82. The minimum atomic E-state index is -0.0241. The summed E-state index contributed by atoms with van der Waals surface area (Å²) in [7, 11) is 0. The fraction of sp³-hybridized carbons (Fsp3) is 0.538. The van der Waals surface area contributed by atoms with Gasteiger partial charge in [-0.15, -0.1) is 0 Å². The first-order chi connectivity index (χ1) is 8.66. The third-order valence-electron chi connectivity index (χ3n) is 2.87. The molecule has 0 aliphatic carbocycles. The number of nitrogens with zero attached hydrogens (tertiary/aromatic N) is 2. The van der Waals surface area contributed by atoms with E-state index in [0.29, 0.717) is 0 Å². The van der Waals surface area contributed by atoms with Gasteiger partial charge >= 0.3 is 0 Å². The first-order valence-corrected chi connectivity index (χ1v) is 6.26. The Bertz CT molecular complexity index is 397. The number of hydrogen-bond acceptors (Lipinski definition) is 4. The largest absolute Gasteiger partial charge is 0.378 e. The Morgan fingerprint density at radius 1 is 1.39 bits per heavy atom. The number of carbonyl (C=O) groups excluding carboxylic acids is 1. The summed E-state index contributed by atoms with van der Waals surface area (Å²) in [4.78, 5) is 18.1. The van der Waals surface area contributed by atoms with E-state index in [-0.39, 0.29) is 11.8 Å². The quantitative estimate of drug-likeness (QED) is 0.882. The average Bonchev–Trinajstić information content (AvgIpc) is 2.40. The SMILES string of the molecule is CC(C)C(=O)Nc1ccc(N2CCOCC2)nc1. The van der Waals surface area contributed by atoms with E-state index in [1.807, 2.05) is 26.0 Å². The highest BCUT2D eigenvalue weighted by molar-refractivity contribution is 5.91. The van der Waals surface area contributed by atoms with Crippen LogP contribution in [0.2, 0.25) is 0 Å². The van der Waals surface area contributed by atoms with E-state index in [4.69, 9.17) is 4.74 Å². The summed E-state index contributed by atoms with van der Waals surface area (Å²) in [6.45, 7) is 6.95. The van der Waals surface area contributed by atoms with Crippen LogP contribution in [0.15, 0.2) is 18.3 Å². The van der Waals surface area contributed by atoms with Gasteiger partial charge in [0.15, 0.2) is 0 Å². The molecule has 0 bridgehead atoms. The molecule has 1 aromatic heterocycles. The predicted octanol–water partition coefficient (Wildman–Crippen LogP) is 1.51. The summed E-state index contributed by atoms with van der Waals surface area (Å²) in [5, 5.41) is 2.83. The van der Waals surface area contributed by atoms with Crippen molar-refractivity contribution in [3.8, 4) is 0 Å². The van der Waals surface area contributed by atoms with E-state index < -0.39 is 0 Å². The van der Waals surface area contributed by atoms with Crippen LogP contribution in [0.1, 0.15) is 13.8 Å². The van der Waals surface area contributed by atoms with E-state index in [1.165, 1.54) is 0 Å². The van der Waals surface area contributed by atoms with Gasteiger partial charge in [0.25, 0.3) is 0 Å². The molecular formula is C13H19N3O2. The average molecular weight is 249 g/mol. The second-order valence-electron chi connectivity index (χ2n) is 4.65. The minimum Gasteiger partial charge on any atom is -0.378 e. The van der Waals surface area contributed by atoms with Crippen molar-refractivity contribution < 1.29 is 9.53 Å². The van der Waals surface area contributed by atoms with Gasteiger partial charge in [-0.3, -0.25) is 4.79 Å². The third kappa shape index (κ3) is 3.20. The number of morpholine rings is 1. The van der Waals surface area contributed by atoms with Crippen LogP contribution in [0.4, 0.5) is 11.5 Å². The molecule has 98 valence electrons. The van der Waals surface area contributed by atoms with Crippen LogP contribution in [0, 0.1) is 5.92 Å². The molecule has 0 spiro atoms. The van der Waals surface area contributed by atoms with Crippen LogP contribution in [0.5, 0.6) is 0 Å². The molecule has 1 aromatic rings. The molecule has 0 aromatic carbocycles. The maximum atomic E-state index is 11.5. The summed E-state index contributed by atoms with van der Waals surface area (Å²) in [5.41, 5.74) is 0.741. The number of pyridine rings is 1. The van der Waals surface area contributed by atoms with Crippen molar-refractivity contribution in [3.63, 3.8) is 0 Å². The molecule has 0 atom stereocenters. The van der Waals surface area contributed by atoms with Gasteiger partial charge in [-0.05, 0) is 12.1 Å². The fourth-order valence-corrected chi connectivity index (χ4v) is 1.73. The van der Waals surface area contributed by atoms with E-state index in [1.54, 1.807) is 6.20 Å². The Morgan fingerprint density at radius 3 is 2.67 bits per heavy atom. The molecule has 2 rings (SSSR count). The van der Waals surface area contributed by atoms with Gasteiger partial charge in [-0.2, -0.15) is 0 Å². The number of carbonyl (C=O) groups is 1. The van der Waals surface area contributed by atoms with Gasteiger partial charge in [-0.1, -0.05) is 13.8 Å². The van der Waals surface area contributed by atoms with E-state index in [2.05, 4.69) is 15.2 Å². The van der Waals surface area contributed by atoms with Gasteiger partial charge in [0, 0.05) is 19.0 Å². The molecule has 1 aliphatic rings. The van der Waals surface area contributed by atoms with Gasteiger partial charge in [0.1, 0.15) is 5.82 Å². The van der Waals surface area contributed by atoms with Crippen LogP contribution in [-0.2, 0) is 9.53 Å². The molecule has 0 radical (unpaired) electrons. The molecule has 2 heterocycles. The van der Waals surface area contributed by atoms with Crippen LogP contribution >= 0.6 is 0 Å². The Balaban J connectivity index is 1.98. The maximum absolute atomic E-state index is 11.5. The zero-order valence-corrected chi connectivity index (χ0v) is 10.8. The Kier molecular flexibility index (Phi) is 4.15. The smallest absolute Gasteiger partial charge is 0.226 e. The summed E-state index contributed by atoms with van der Waals surface area (Å²) in [6.07, 6.45) is 1.70. The van der Waals surface area contributed by atoms with Crippen molar-refractivity contribution in [2.45, 2.75) is 13.8 Å². The maximum Gasteiger partial charge on any atom is 0.226 e. The van der Waals surface area contributed by atoms with Gasteiger partial charge in [0.2, 0.25) is 5.91 Å². The standard InChI is InChI=1S/C13H19N3O2/c1-10(2)13(17)15-11-3-4-12(14-9-11)16-5-7-18-8-6-16/h3-4,9-10H,5-8H2,1-2H3,(H,15,17). The zero-order chi connectivity index (χ0) is 13.0. The number of amides is 1. The lowest BCUT2D eigenvalue weighted by Crippen LogP contribution is -2.36. The van der Waals surface area contributed by atoms with Crippen molar-refractivity contribution >= 4 is 17.4 Å². The molecule has 18 heavy (non-hydrogen) atoms. The highest BCUT2D eigenvalue weighted by Crippen LogP contribution is 2.15. The Morgan fingerprint density at radius 2 is 2.11 bits per heavy atom. The number of aromatic nitrogens is 1. The fourth-order valence-electron chi connectivity index (χ4n) is 1.73. The highest BCUT2D eigenvalue weighted by Gasteiger charge is 2.12. The van der Waals surface area contributed by atoms with Crippen molar-refractivity contribution in [1.29, 1.82) is 0 Å². The lowest BCUT2D eigenvalue weighted by atomic mass is 10.2. The number of nitrogens with one attached hydrogen (secondary N) is 1. The van der Waals surface area contributed by atoms with Crippen LogP contribution < -0.4 is 10.2 Å². The van der Waals surface area contributed by atoms with E-state index >= 15 is 0 Å². The molecule has 1 aliphatic heterocycles. The monoisotopic (exact) mass is 249 g/mol. The summed E-state index contributed by atoms with van der Waals surface area (Å²) < 4.78 is 5.30. The van der Waals surface area contributed by atoms with Crippen molar-refractivity contribution in [2.75, 3.05) is 36.5 Å². The van der Waals surface area contributed by atoms with Crippen molar-refractivity contribution in [1.82, 2.24) is 4.98 Å². The normalized spacial score (nSPS) is 15.8. The molecule has 1 N–H and O–H groups in total. The zero-order valence-electron chi connectivity index (χ0n) is 10.8. The molecule has 0 saturated carbocycles. The number of anilines is 2. The van der Waals surface area contributed by atoms with Gasteiger partial charge in [-0.25, -0.2) is 4.98 Å². The molecule has 5 nitrogen and oxygen atoms in total. The van der Waals surface area contributed by atoms with Crippen molar-refractivity contribution in [3.05, 3.63) is 18.3 Å². The second-order valence-corrected chi connectivity index (χ2v) is 4.65. The van der Waals surface area contributed by atoms with Crippen LogP contribution in [-0.4, -0.2) is 37.2 Å². The topological polar surface area (TPSA) is 54.5 Å². The van der Waals surface area contributed by atoms with Crippen LogP contribution in [0.25, 0.3) is 0 Å². The Hall–Kier alpha value is -1.62. The molecule has 5 heteroatoms. The molecule has 1 amide bonds. The van der Waals surface area contributed by atoms with Gasteiger partial charge in [0.05, 0.1) is 25.1 Å². The molecule has 1 saturated heterocycles. The molecular weight excluding hydrogens is 230 g/mol. The van der Waals surface area contributed by atoms with Crippen molar-refractivity contribution in [2.24, 2.45) is 5.92 Å². The summed E-state index contributed by atoms with van der Waals surface area (Å²) >= 11 is 0. The van der Waals surface area contributed by atoms with E-state index in [9.17, 15) is 4.79 Å². The highest BCUT2D eigenvalue weighted by atomic mass is 16.5. The minimum absolute atomic E-state index is 0.0101. The van der Waals surface area contributed by atoms with Gasteiger partial charge < -0.3 is 15.0 Å². The lowest BCUT2D eigenvalue weighted by molar-refractivity contribution is -0.118. The molecule has 0 unspecified atom stereocenters. The number of rotatable bonds is 3. The second kappa shape index (κ2) is 5.82. The van der Waals surface area contributed by atoms with Crippen LogP contribution in [0.3, 0.4) is 0 Å². The number of ether oxygens (including phenoxy) is 1.